The number of benzene rings is 1. The summed E-state index contributed by atoms with van der Waals surface area (Å²) in [6, 6.07) is 3.93. The van der Waals surface area contributed by atoms with E-state index in [0.717, 1.165) is 22.3 Å². The summed E-state index contributed by atoms with van der Waals surface area (Å²) in [6.45, 7) is 13.1. The molecule has 0 radical (unpaired) electrons. The van der Waals surface area contributed by atoms with Gasteiger partial charge in [-0.05, 0) is 46.9 Å². The summed E-state index contributed by atoms with van der Waals surface area (Å²) in [5.41, 5.74) is 3.72. The Balaban J connectivity index is 3.68. The highest BCUT2D eigenvalue weighted by molar-refractivity contribution is 5.42. The van der Waals surface area contributed by atoms with Crippen molar-refractivity contribution < 1.29 is 4.11 Å². The van der Waals surface area contributed by atoms with E-state index in [9.17, 15) is 0 Å². The Hall–Kier alpha value is -0.780. The molecule has 0 heteroatoms. The molecule has 0 nitrogen and oxygen atoms in total. The fraction of sp³-hybridized carbons (Fsp3) is 0.625. The van der Waals surface area contributed by atoms with Crippen molar-refractivity contribution >= 4 is 0 Å². The molecular formula is C16H26. The van der Waals surface area contributed by atoms with E-state index < -0.39 is 17.7 Å². The Bertz CT molecular complexity index is 433. The van der Waals surface area contributed by atoms with Crippen LogP contribution >= 0.6 is 0 Å². The zero-order valence-electron chi connectivity index (χ0n) is 14.7. The minimum atomic E-state index is -0.717. The molecule has 1 aromatic rings. The largest absolute Gasteiger partial charge is 0.0587 e. The van der Waals surface area contributed by atoms with Gasteiger partial charge in [0.1, 0.15) is 0 Å². The van der Waals surface area contributed by atoms with Gasteiger partial charge in [-0.1, -0.05) is 53.7 Å². The van der Waals surface area contributed by atoms with E-state index >= 15 is 0 Å². The molecular weight excluding hydrogens is 192 g/mol. The summed E-state index contributed by atoms with van der Waals surface area (Å²) in [6.07, 6.45) is 0. The second kappa shape index (κ2) is 5.03. The molecule has 0 bridgehead atoms. The van der Waals surface area contributed by atoms with Gasteiger partial charge in [-0.25, -0.2) is 0 Å². The Morgan fingerprint density at radius 3 is 1.44 bits per heavy atom. The van der Waals surface area contributed by atoms with Crippen LogP contribution in [0.2, 0.25) is 0 Å². The molecule has 0 amide bonds. The van der Waals surface area contributed by atoms with Gasteiger partial charge in [0.2, 0.25) is 0 Å². The monoisotopic (exact) mass is 221 g/mol. The summed E-state index contributed by atoms with van der Waals surface area (Å²) in [4.78, 5) is 0. The fourth-order valence-electron chi connectivity index (χ4n) is 2.04. The average molecular weight is 221 g/mol. The summed E-state index contributed by atoms with van der Waals surface area (Å²) >= 11 is 0. The third-order valence-electron chi connectivity index (χ3n) is 3.06. The molecule has 1 aromatic carbocycles. The van der Waals surface area contributed by atoms with Gasteiger partial charge < -0.3 is 0 Å². The van der Waals surface area contributed by atoms with E-state index in [-0.39, 0.29) is 0 Å². The molecule has 1 rings (SSSR count). The molecule has 0 fully saturated rings. The molecule has 0 spiro atoms. The minimum Gasteiger partial charge on any atom is -0.0587 e. The van der Waals surface area contributed by atoms with Crippen LogP contribution in [-0.2, 0) is 0 Å². The van der Waals surface area contributed by atoms with Crippen LogP contribution in [0.5, 0.6) is 0 Å². The molecule has 0 aliphatic carbocycles. The topological polar surface area (TPSA) is 0 Å². The Morgan fingerprint density at radius 2 is 1.19 bits per heavy atom. The number of hydrogen-bond acceptors (Lipinski definition) is 0. The molecule has 0 aliphatic rings. The van der Waals surface area contributed by atoms with Gasteiger partial charge in [-0.3, -0.25) is 0 Å². The fourth-order valence-corrected chi connectivity index (χ4v) is 2.04. The standard InChI is InChI=1S/C16H26/c1-10(2)14-8-15(11(3)4)13(7)16(9-14)12(5)6/h8-12H,1-7H3/i10D,11D,12D. The normalized spacial score (nSPS) is 16.6. The second-order valence-electron chi connectivity index (χ2n) is 5.20. The highest BCUT2D eigenvalue weighted by Crippen LogP contribution is 2.31. The smallest absolute Gasteiger partial charge is 0.0347 e. The first-order valence-corrected chi connectivity index (χ1v) is 5.90. The summed E-state index contributed by atoms with van der Waals surface area (Å²) in [5.74, 6) is -2.15. The maximum absolute atomic E-state index is 8.29. The summed E-state index contributed by atoms with van der Waals surface area (Å²) < 4.78 is 24.8. The van der Waals surface area contributed by atoms with E-state index in [4.69, 9.17) is 4.11 Å². The van der Waals surface area contributed by atoms with Crippen molar-refractivity contribution in [3.8, 4) is 0 Å². The first-order chi connectivity index (χ1) is 8.24. The molecule has 0 aromatic heterocycles. The Kier molecular flexibility index (Phi) is 2.92. The van der Waals surface area contributed by atoms with Crippen LogP contribution in [-0.4, -0.2) is 0 Å². The van der Waals surface area contributed by atoms with E-state index in [2.05, 4.69) is 0 Å². The molecule has 0 N–H and O–H groups in total. The van der Waals surface area contributed by atoms with E-state index in [1.165, 1.54) is 0 Å². The quantitative estimate of drug-likeness (QED) is 0.644. The van der Waals surface area contributed by atoms with Crippen molar-refractivity contribution in [1.82, 2.24) is 0 Å². The van der Waals surface area contributed by atoms with Gasteiger partial charge in [0, 0.05) is 4.11 Å². The van der Waals surface area contributed by atoms with Gasteiger partial charge in [0.05, 0.1) is 0 Å². The lowest BCUT2D eigenvalue weighted by Gasteiger charge is -2.20. The van der Waals surface area contributed by atoms with Crippen molar-refractivity contribution in [3.63, 3.8) is 0 Å². The van der Waals surface area contributed by atoms with Crippen molar-refractivity contribution in [2.75, 3.05) is 0 Å². The lowest BCUT2D eigenvalue weighted by Crippen LogP contribution is -2.03. The van der Waals surface area contributed by atoms with Crippen molar-refractivity contribution in [2.24, 2.45) is 0 Å². The lowest BCUT2D eigenvalue weighted by atomic mass is 9.85. The van der Waals surface area contributed by atoms with E-state index in [1.807, 2.05) is 60.6 Å². The molecule has 0 heterocycles. The first-order valence-electron chi connectivity index (χ1n) is 7.40. The molecule has 0 aliphatic heterocycles. The number of hydrogen-bond donors (Lipinski definition) is 0. The molecule has 16 heavy (non-hydrogen) atoms. The minimum absolute atomic E-state index is 0.715. The van der Waals surface area contributed by atoms with Crippen LogP contribution in [0.4, 0.5) is 0 Å². The van der Waals surface area contributed by atoms with Crippen LogP contribution in [0.3, 0.4) is 0 Å². The molecule has 0 saturated heterocycles. The van der Waals surface area contributed by atoms with Crippen LogP contribution in [0.25, 0.3) is 0 Å². The van der Waals surface area contributed by atoms with Gasteiger partial charge >= 0.3 is 0 Å². The van der Waals surface area contributed by atoms with Crippen molar-refractivity contribution in [3.05, 3.63) is 34.4 Å². The molecule has 0 atom stereocenters. The lowest BCUT2D eigenvalue weighted by molar-refractivity contribution is 0.792. The third-order valence-corrected chi connectivity index (χ3v) is 3.06. The van der Waals surface area contributed by atoms with E-state index in [0.29, 0.717) is 0 Å². The predicted octanol–water partition coefficient (Wildman–Crippen LogP) is 5.37. The summed E-state index contributed by atoms with van der Waals surface area (Å²) in [5, 5.41) is 0. The first kappa shape index (κ1) is 9.27. The predicted molar refractivity (Wildman–Crippen MR) is 73.4 cm³/mol. The van der Waals surface area contributed by atoms with Gasteiger partial charge in [0.15, 0.2) is 0 Å². The molecule has 0 saturated carbocycles. The van der Waals surface area contributed by atoms with Crippen molar-refractivity contribution in [2.45, 2.75) is 66.1 Å². The zero-order valence-corrected chi connectivity index (χ0v) is 11.7. The van der Waals surface area contributed by atoms with Crippen LogP contribution in [0.15, 0.2) is 12.1 Å². The van der Waals surface area contributed by atoms with Gasteiger partial charge in [0.25, 0.3) is 0 Å². The van der Waals surface area contributed by atoms with E-state index in [1.54, 1.807) is 0 Å². The van der Waals surface area contributed by atoms with Crippen LogP contribution in [0.1, 0.15) is 85.6 Å². The zero-order chi connectivity index (χ0) is 15.2. The summed E-state index contributed by atoms with van der Waals surface area (Å²) in [7, 11) is 0. The highest BCUT2D eigenvalue weighted by Gasteiger charge is 2.13. The van der Waals surface area contributed by atoms with Crippen LogP contribution < -0.4 is 0 Å². The number of rotatable bonds is 3. The Morgan fingerprint density at radius 1 is 0.812 bits per heavy atom. The molecule has 90 valence electrons. The Labute approximate surface area is 105 Å². The molecule has 0 unspecified atom stereocenters. The van der Waals surface area contributed by atoms with Crippen molar-refractivity contribution in [1.29, 1.82) is 0 Å². The maximum Gasteiger partial charge on any atom is 0.0347 e. The van der Waals surface area contributed by atoms with Gasteiger partial charge in [-0.2, -0.15) is 0 Å². The third kappa shape index (κ3) is 2.66. The van der Waals surface area contributed by atoms with Gasteiger partial charge in [-0.15, -0.1) is 0 Å². The van der Waals surface area contributed by atoms with Crippen LogP contribution in [0, 0.1) is 6.92 Å². The maximum atomic E-state index is 8.29. The highest BCUT2D eigenvalue weighted by atomic mass is 14.2. The second-order valence-corrected chi connectivity index (χ2v) is 5.20. The average Bonchev–Trinajstić information content (AvgIpc) is 2.11. The SMILES string of the molecule is [2H]C(C)(C)c1cc(C([2H])(C)C)c(C)c(C([2H])(C)C)c1.